The molecule has 1 amide bonds. The molecule has 1 aliphatic rings. The van der Waals surface area contributed by atoms with Gasteiger partial charge in [0, 0.05) is 32.2 Å². The summed E-state index contributed by atoms with van der Waals surface area (Å²) in [5, 5.41) is 0. The Bertz CT molecular complexity index is 967. The molecule has 156 valence electrons. The highest BCUT2D eigenvalue weighted by atomic mass is 32.2. The summed E-state index contributed by atoms with van der Waals surface area (Å²) in [6.07, 6.45) is 1.68. The first-order valence-corrected chi connectivity index (χ1v) is 10.9. The van der Waals surface area contributed by atoms with E-state index in [0.717, 1.165) is 24.2 Å². The normalized spacial score (nSPS) is 14.6. The van der Waals surface area contributed by atoms with E-state index < -0.39 is 10.0 Å². The summed E-state index contributed by atoms with van der Waals surface area (Å²) >= 11 is 0. The Kier molecular flexibility index (Phi) is 6.44. The Balaban J connectivity index is 1.84. The number of hydrogen-bond acceptors (Lipinski definition) is 5. The van der Waals surface area contributed by atoms with Crippen LogP contribution in [-0.2, 0) is 16.6 Å². The maximum Gasteiger partial charge on any atom is 0.253 e. The molecule has 0 spiro atoms. The highest BCUT2D eigenvalue weighted by molar-refractivity contribution is 7.89. The van der Waals surface area contributed by atoms with E-state index in [-0.39, 0.29) is 16.6 Å². The minimum atomic E-state index is -3.71. The smallest absolute Gasteiger partial charge is 0.253 e. The lowest BCUT2D eigenvalue weighted by molar-refractivity contribution is 0.0785. The molecule has 0 bridgehead atoms. The molecule has 0 atom stereocenters. The molecule has 0 aliphatic carbocycles. The summed E-state index contributed by atoms with van der Waals surface area (Å²) in [6.45, 7) is 1.37. The Morgan fingerprint density at radius 2 is 1.69 bits per heavy atom. The molecule has 8 heteroatoms. The molecule has 0 saturated carbocycles. The summed E-state index contributed by atoms with van der Waals surface area (Å²) < 4.78 is 37.9. The summed E-state index contributed by atoms with van der Waals surface area (Å²) in [4.78, 5) is 14.5. The van der Waals surface area contributed by atoms with Gasteiger partial charge >= 0.3 is 0 Å². The van der Waals surface area contributed by atoms with Gasteiger partial charge in [0.15, 0.2) is 0 Å². The van der Waals surface area contributed by atoms with Gasteiger partial charge in [0.05, 0.1) is 14.2 Å². The number of nitrogens with zero attached hydrogens (tertiary/aromatic N) is 2. The van der Waals surface area contributed by atoms with Gasteiger partial charge in [-0.15, -0.1) is 0 Å². The summed E-state index contributed by atoms with van der Waals surface area (Å²) in [6, 6.07) is 12.0. The number of amides is 1. The molecular formula is C21H26N2O5S. The van der Waals surface area contributed by atoms with Gasteiger partial charge in [-0.3, -0.25) is 4.79 Å². The van der Waals surface area contributed by atoms with Crippen LogP contribution in [0, 0.1) is 0 Å². The van der Waals surface area contributed by atoms with Crippen molar-refractivity contribution in [1.82, 2.24) is 9.21 Å². The third-order valence-corrected chi connectivity index (χ3v) is 6.94. The molecule has 1 heterocycles. The van der Waals surface area contributed by atoms with E-state index >= 15 is 0 Å². The van der Waals surface area contributed by atoms with E-state index in [1.165, 1.54) is 23.5 Å². The third kappa shape index (κ3) is 4.54. The fourth-order valence-electron chi connectivity index (χ4n) is 3.38. The van der Waals surface area contributed by atoms with E-state index in [2.05, 4.69) is 0 Å². The van der Waals surface area contributed by atoms with Crippen molar-refractivity contribution in [1.29, 1.82) is 0 Å². The SMILES string of the molecule is COc1ccc(CN(C)C(=O)c2ccc(OC)c(S(=O)(=O)N3CCCC3)c2)cc1. The van der Waals surface area contributed by atoms with E-state index in [0.29, 0.717) is 25.2 Å². The molecule has 7 nitrogen and oxygen atoms in total. The van der Waals surface area contributed by atoms with Crippen molar-refractivity contribution in [2.75, 3.05) is 34.4 Å². The van der Waals surface area contributed by atoms with Gasteiger partial charge in [-0.25, -0.2) is 8.42 Å². The summed E-state index contributed by atoms with van der Waals surface area (Å²) in [5.41, 5.74) is 1.25. The average molecular weight is 419 g/mol. The molecule has 0 aromatic heterocycles. The van der Waals surface area contributed by atoms with Crippen LogP contribution in [0.4, 0.5) is 0 Å². The first-order valence-electron chi connectivity index (χ1n) is 9.43. The molecule has 0 N–H and O–H groups in total. The molecule has 1 aliphatic heterocycles. The first-order chi connectivity index (χ1) is 13.9. The minimum Gasteiger partial charge on any atom is -0.497 e. The molecule has 2 aromatic carbocycles. The van der Waals surface area contributed by atoms with Gasteiger partial charge in [-0.1, -0.05) is 12.1 Å². The lowest BCUT2D eigenvalue weighted by atomic mass is 10.1. The molecule has 29 heavy (non-hydrogen) atoms. The van der Waals surface area contributed by atoms with Crippen molar-refractivity contribution >= 4 is 15.9 Å². The zero-order valence-corrected chi connectivity index (χ0v) is 17.7. The predicted octanol–water partition coefficient (Wildman–Crippen LogP) is 2.76. The second kappa shape index (κ2) is 8.84. The van der Waals surface area contributed by atoms with Crippen LogP contribution < -0.4 is 9.47 Å². The second-order valence-electron chi connectivity index (χ2n) is 6.99. The number of rotatable bonds is 7. The van der Waals surface area contributed by atoms with Crippen LogP contribution in [-0.4, -0.2) is 57.9 Å². The predicted molar refractivity (Wildman–Crippen MR) is 110 cm³/mol. The van der Waals surface area contributed by atoms with Crippen molar-refractivity contribution in [3.8, 4) is 11.5 Å². The topological polar surface area (TPSA) is 76.1 Å². The van der Waals surface area contributed by atoms with Gasteiger partial charge in [-0.05, 0) is 48.7 Å². The lowest BCUT2D eigenvalue weighted by Crippen LogP contribution is -2.29. The number of ether oxygens (including phenoxy) is 2. The Morgan fingerprint density at radius 3 is 2.28 bits per heavy atom. The molecular weight excluding hydrogens is 392 g/mol. The Hall–Kier alpha value is -2.58. The molecule has 0 radical (unpaired) electrons. The fourth-order valence-corrected chi connectivity index (χ4v) is 5.07. The van der Waals surface area contributed by atoms with Crippen LogP contribution in [0.25, 0.3) is 0 Å². The van der Waals surface area contributed by atoms with Crippen LogP contribution in [0.2, 0.25) is 0 Å². The molecule has 1 fully saturated rings. The highest BCUT2D eigenvalue weighted by Crippen LogP contribution is 2.30. The van der Waals surface area contributed by atoms with Crippen molar-refractivity contribution in [2.24, 2.45) is 0 Å². The highest BCUT2D eigenvalue weighted by Gasteiger charge is 2.31. The zero-order chi connectivity index (χ0) is 21.0. The number of benzene rings is 2. The molecule has 3 rings (SSSR count). The quantitative estimate of drug-likeness (QED) is 0.691. The maximum atomic E-state index is 13.0. The van der Waals surface area contributed by atoms with Crippen molar-refractivity contribution in [2.45, 2.75) is 24.3 Å². The van der Waals surface area contributed by atoms with Crippen LogP contribution >= 0.6 is 0 Å². The van der Waals surface area contributed by atoms with Gasteiger partial charge in [-0.2, -0.15) is 4.31 Å². The van der Waals surface area contributed by atoms with Crippen LogP contribution in [0.5, 0.6) is 11.5 Å². The molecule has 2 aromatic rings. The van der Waals surface area contributed by atoms with E-state index in [1.54, 1.807) is 25.1 Å². The first kappa shape index (κ1) is 21.1. The minimum absolute atomic E-state index is 0.0330. The van der Waals surface area contributed by atoms with Gasteiger partial charge < -0.3 is 14.4 Å². The van der Waals surface area contributed by atoms with Gasteiger partial charge in [0.2, 0.25) is 10.0 Å². The van der Waals surface area contributed by atoms with E-state index in [9.17, 15) is 13.2 Å². The van der Waals surface area contributed by atoms with Crippen molar-refractivity contribution in [3.63, 3.8) is 0 Å². The number of carbonyl (C=O) groups is 1. The second-order valence-corrected chi connectivity index (χ2v) is 8.89. The third-order valence-electron chi connectivity index (χ3n) is 5.02. The Labute approximate surface area is 171 Å². The molecule has 0 unspecified atom stereocenters. The average Bonchev–Trinajstić information content (AvgIpc) is 3.29. The fraction of sp³-hybridized carbons (Fsp3) is 0.381. The summed E-state index contributed by atoms with van der Waals surface area (Å²) in [5.74, 6) is 0.724. The van der Waals surface area contributed by atoms with Crippen LogP contribution in [0.3, 0.4) is 0 Å². The number of carbonyl (C=O) groups excluding carboxylic acids is 1. The zero-order valence-electron chi connectivity index (χ0n) is 16.9. The largest absolute Gasteiger partial charge is 0.497 e. The van der Waals surface area contributed by atoms with Gasteiger partial charge in [0.1, 0.15) is 16.4 Å². The number of sulfonamides is 1. The molecule has 1 saturated heterocycles. The van der Waals surface area contributed by atoms with Crippen LogP contribution in [0.1, 0.15) is 28.8 Å². The van der Waals surface area contributed by atoms with E-state index in [4.69, 9.17) is 9.47 Å². The van der Waals surface area contributed by atoms with Crippen LogP contribution in [0.15, 0.2) is 47.4 Å². The van der Waals surface area contributed by atoms with Crippen molar-refractivity contribution < 1.29 is 22.7 Å². The van der Waals surface area contributed by atoms with Crippen molar-refractivity contribution in [3.05, 3.63) is 53.6 Å². The lowest BCUT2D eigenvalue weighted by Gasteiger charge is -2.20. The Morgan fingerprint density at radius 1 is 1.03 bits per heavy atom. The maximum absolute atomic E-state index is 13.0. The van der Waals surface area contributed by atoms with Gasteiger partial charge in [0.25, 0.3) is 5.91 Å². The summed E-state index contributed by atoms with van der Waals surface area (Å²) in [7, 11) is 1.01. The van der Waals surface area contributed by atoms with E-state index in [1.807, 2.05) is 24.3 Å². The number of hydrogen-bond donors (Lipinski definition) is 0. The standard InChI is InChI=1S/C21H26N2O5S/c1-22(15-16-6-9-18(27-2)10-7-16)21(24)17-8-11-19(28-3)20(14-17)29(25,26)23-12-4-5-13-23/h6-11,14H,4-5,12-13,15H2,1-3H3. The monoisotopic (exact) mass is 418 g/mol. The number of methoxy groups -OCH3 is 2.